The van der Waals surface area contributed by atoms with Crippen LogP contribution in [0.1, 0.15) is 31.2 Å². The van der Waals surface area contributed by atoms with Gasteiger partial charge in [-0.25, -0.2) is 13.1 Å². The lowest BCUT2D eigenvalue weighted by Crippen LogP contribution is -2.44. The molecule has 0 aliphatic heterocycles. The Hall–Kier alpha value is -1.22. The van der Waals surface area contributed by atoms with Gasteiger partial charge in [0.15, 0.2) is 0 Å². The van der Waals surface area contributed by atoms with Crippen molar-refractivity contribution in [2.75, 3.05) is 6.54 Å². The average Bonchev–Trinajstić information content (AvgIpc) is 2.98. The molecule has 0 bridgehead atoms. The third-order valence-electron chi connectivity index (χ3n) is 4.20. The fraction of sp³-hybridized carbons (Fsp3) is 0.571. The molecule has 1 aliphatic carbocycles. The van der Waals surface area contributed by atoms with E-state index in [1.807, 2.05) is 0 Å². The maximum Gasteiger partial charge on any atom is 0.272 e. The first kappa shape index (κ1) is 19.8. The zero-order valence-corrected chi connectivity index (χ0v) is 14.5. The number of nitrogens with zero attached hydrogens (tertiary/aromatic N) is 1. The monoisotopic (exact) mass is 363 g/mol. The van der Waals surface area contributed by atoms with Gasteiger partial charge in [-0.2, -0.15) is 0 Å². The number of halogens is 1. The summed E-state index contributed by atoms with van der Waals surface area (Å²) in [6.07, 6.45) is 4.15. The molecule has 1 atom stereocenters. The van der Waals surface area contributed by atoms with Crippen LogP contribution in [0.25, 0.3) is 0 Å². The van der Waals surface area contributed by atoms with E-state index in [2.05, 4.69) is 4.72 Å². The molecule has 7 nitrogen and oxygen atoms in total. The van der Waals surface area contributed by atoms with Gasteiger partial charge in [-0.3, -0.25) is 10.1 Å². The lowest BCUT2D eigenvalue weighted by Gasteiger charge is -2.23. The maximum absolute atomic E-state index is 12.5. The Balaban J connectivity index is 0.00000264. The second kappa shape index (κ2) is 8.05. The Labute approximate surface area is 142 Å². The number of nitro groups is 1. The van der Waals surface area contributed by atoms with E-state index in [0.717, 1.165) is 25.7 Å². The molecule has 0 saturated heterocycles. The summed E-state index contributed by atoms with van der Waals surface area (Å²) in [5.41, 5.74) is 5.94. The van der Waals surface area contributed by atoms with Gasteiger partial charge in [0.05, 0.1) is 9.82 Å². The molecule has 1 unspecified atom stereocenters. The van der Waals surface area contributed by atoms with Gasteiger partial charge in [-0.15, -0.1) is 12.4 Å². The third kappa shape index (κ3) is 4.63. The zero-order chi connectivity index (χ0) is 16.3. The molecule has 1 aromatic rings. The molecule has 0 heterocycles. The topological polar surface area (TPSA) is 115 Å². The van der Waals surface area contributed by atoms with E-state index < -0.39 is 14.9 Å². The normalized spacial score (nSPS) is 16.8. The van der Waals surface area contributed by atoms with Crippen molar-refractivity contribution in [1.82, 2.24) is 4.72 Å². The summed E-state index contributed by atoms with van der Waals surface area (Å²) in [5, 5.41) is 10.8. The minimum atomic E-state index is -3.73. The van der Waals surface area contributed by atoms with Crippen molar-refractivity contribution in [2.45, 2.75) is 43.5 Å². The number of sulfonamides is 1. The lowest BCUT2D eigenvalue weighted by molar-refractivity contribution is -0.385. The number of hydrogen-bond acceptors (Lipinski definition) is 5. The second-order valence-corrected chi connectivity index (χ2v) is 7.43. The molecule has 23 heavy (non-hydrogen) atoms. The number of rotatable bonds is 6. The minimum Gasteiger partial charge on any atom is -0.329 e. The van der Waals surface area contributed by atoms with Crippen LogP contribution < -0.4 is 10.5 Å². The molecule has 3 N–H and O–H groups in total. The Morgan fingerprint density at radius 1 is 1.39 bits per heavy atom. The van der Waals surface area contributed by atoms with Crippen molar-refractivity contribution in [2.24, 2.45) is 11.7 Å². The van der Waals surface area contributed by atoms with E-state index >= 15 is 0 Å². The van der Waals surface area contributed by atoms with Crippen LogP contribution in [0.15, 0.2) is 23.1 Å². The van der Waals surface area contributed by atoms with E-state index in [4.69, 9.17) is 5.73 Å². The van der Waals surface area contributed by atoms with Crippen LogP contribution in [0, 0.1) is 23.0 Å². The lowest BCUT2D eigenvalue weighted by atomic mass is 9.99. The van der Waals surface area contributed by atoms with Crippen LogP contribution in [-0.2, 0) is 10.0 Å². The Morgan fingerprint density at radius 2 is 2.00 bits per heavy atom. The molecular formula is C14H22ClN3O4S. The first-order valence-corrected chi connectivity index (χ1v) is 8.81. The second-order valence-electron chi connectivity index (χ2n) is 5.71. The smallest absolute Gasteiger partial charge is 0.272 e. The maximum atomic E-state index is 12.5. The van der Waals surface area contributed by atoms with Crippen molar-refractivity contribution in [3.05, 3.63) is 33.9 Å². The summed E-state index contributed by atoms with van der Waals surface area (Å²) in [6, 6.07) is 3.51. The molecule has 0 radical (unpaired) electrons. The third-order valence-corrected chi connectivity index (χ3v) is 5.69. The standard InChI is InChI=1S/C14H21N3O4S.ClH/c1-10-8-12(6-7-14(10)17(18)19)22(20,21)16-13(9-15)11-4-2-3-5-11;/h6-8,11,13,16H,2-5,9,15H2,1H3;1H. The number of nitrogens with one attached hydrogen (secondary N) is 1. The van der Waals surface area contributed by atoms with Gasteiger partial charge >= 0.3 is 0 Å². The summed E-state index contributed by atoms with van der Waals surface area (Å²) in [7, 11) is -3.73. The van der Waals surface area contributed by atoms with Gasteiger partial charge in [-0.1, -0.05) is 12.8 Å². The Morgan fingerprint density at radius 3 is 2.48 bits per heavy atom. The molecule has 0 amide bonds. The predicted octanol–water partition coefficient (Wildman–Crippen LogP) is 2.12. The number of nitrogens with two attached hydrogens (primary N) is 1. The van der Waals surface area contributed by atoms with Crippen LogP contribution in [-0.4, -0.2) is 25.9 Å². The molecule has 1 aliphatic rings. The van der Waals surface area contributed by atoms with Crippen LogP contribution >= 0.6 is 12.4 Å². The van der Waals surface area contributed by atoms with Crippen LogP contribution in [0.3, 0.4) is 0 Å². The van der Waals surface area contributed by atoms with Crippen LogP contribution in [0.5, 0.6) is 0 Å². The highest BCUT2D eigenvalue weighted by atomic mass is 35.5. The summed E-state index contributed by atoms with van der Waals surface area (Å²) < 4.78 is 27.6. The molecule has 9 heteroatoms. The predicted molar refractivity (Wildman–Crippen MR) is 90.2 cm³/mol. The molecule has 0 spiro atoms. The van der Waals surface area contributed by atoms with Gasteiger partial charge < -0.3 is 5.73 Å². The highest BCUT2D eigenvalue weighted by Crippen LogP contribution is 2.28. The van der Waals surface area contributed by atoms with Crippen molar-refractivity contribution < 1.29 is 13.3 Å². The fourth-order valence-corrected chi connectivity index (χ4v) is 4.37. The minimum absolute atomic E-state index is 0. The Kier molecular flexibility index (Phi) is 6.94. The zero-order valence-electron chi connectivity index (χ0n) is 12.9. The number of aryl methyl sites for hydroxylation is 1. The molecule has 130 valence electrons. The summed E-state index contributed by atoms with van der Waals surface area (Å²) in [4.78, 5) is 10.3. The highest BCUT2D eigenvalue weighted by molar-refractivity contribution is 7.89. The van der Waals surface area contributed by atoms with Crippen LogP contribution in [0.2, 0.25) is 0 Å². The molecule has 1 saturated carbocycles. The summed E-state index contributed by atoms with van der Waals surface area (Å²) in [6.45, 7) is 1.77. The quantitative estimate of drug-likeness (QED) is 0.593. The fourth-order valence-electron chi connectivity index (χ4n) is 2.96. The van der Waals surface area contributed by atoms with E-state index in [1.54, 1.807) is 0 Å². The van der Waals surface area contributed by atoms with Gasteiger partial charge in [0.1, 0.15) is 0 Å². The SMILES string of the molecule is Cc1cc(S(=O)(=O)NC(CN)C2CCCC2)ccc1[N+](=O)[O-].Cl. The van der Waals surface area contributed by atoms with Crippen molar-refractivity contribution in [1.29, 1.82) is 0 Å². The first-order chi connectivity index (χ1) is 10.3. The average molecular weight is 364 g/mol. The highest BCUT2D eigenvalue weighted by Gasteiger charge is 2.29. The van der Waals surface area contributed by atoms with Crippen molar-refractivity contribution in [3.63, 3.8) is 0 Å². The van der Waals surface area contributed by atoms with Gasteiger partial charge in [0.25, 0.3) is 5.69 Å². The number of hydrogen-bond donors (Lipinski definition) is 2. The largest absolute Gasteiger partial charge is 0.329 e. The number of benzene rings is 1. The first-order valence-electron chi connectivity index (χ1n) is 7.32. The van der Waals surface area contributed by atoms with Gasteiger partial charge in [0, 0.05) is 24.2 Å². The van der Waals surface area contributed by atoms with E-state index in [-0.39, 0.29) is 41.5 Å². The summed E-state index contributed by atoms with van der Waals surface area (Å²) >= 11 is 0. The van der Waals surface area contributed by atoms with Crippen molar-refractivity contribution in [3.8, 4) is 0 Å². The molecule has 1 fully saturated rings. The Bertz CT molecular complexity index is 660. The number of nitro benzene ring substituents is 1. The van der Waals surface area contributed by atoms with Gasteiger partial charge in [0.2, 0.25) is 10.0 Å². The van der Waals surface area contributed by atoms with Crippen LogP contribution in [0.4, 0.5) is 5.69 Å². The van der Waals surface area contributed by atoms with Gasteiger partial charge in [-0.05, 0) is 37.8 Å². The molecule has 1 aromatic carbocycles. The van der Waals surface area contributed by atoms with Crippen molar-refractivity contribution >= 4 is 28.1 Å². The molecule has 0 aromatic heterocycles. The van der Waals surface area contributed by atoms with E-state index in [1.165, 1.54) is 25.1 Å². The van der Waals surface area contributed by atoms with E-state index in [0.29, 0.717) is 5.56 Å². The molecule has 2 rings (SSSR count). The molecular weight excluding hydrogens is 342 g/mol. The summed E-state index contributed by atoms with van der Waals surface area (Å²) in [5.74, 6) is 0.263. The van der Waals surface area contributed by atoms with E-state index in [9.17, 15) is 18.5 Å².